The number of nitrogens with zero attached hydrogens (tertiary/aromatic N) is 2. The third kappa shape index (κ3) is 3.76. The van der Waals surface area contributed by atoms with Gasteiger partial charge in [0.05, 0.1) is 11.3 Å². The predicted molar refractivity (Wildman–Crippen MR) is 102 cm³/mol. The molecular formula is C18H19N3OS2. The Labute approximate surface area is 149 Å². The zero-order valence-corrected chi connectivity index (χ0v) is 15.6. The fourth-order valence-corrected chi connectivity index (χ4v) is 4.06. The van der Waals surface area contributed by atoms with E-state index in [0.717, 1.165) is 17.0 Å². The van der Waals surface area contributed by atoms with Crippen LogP contribution >= 0.6 is 23.1 Å². The van der Waals surface area contributed by atoms with Crippen molar-refractivity contribution in [3.8, 4) is 0 Å². The fraction of sp³-hybridized carbons (Fsp3) is 0.278. The van der Waals surface area contributed by atoms with Gasteiger partial charge in [0, 0.05) is 17.0 Å². The second-order valence-electron chi connectivity index (χ2n) is 5.63. The molecule has 0 atom stereocenters. The maximum absolute atomic E-state index is 12.1. The molecule has 24 heavy (non-hydrogen) atoms. The monoisotopic (exact) mass is 357 g/mol. The number of thiazole rings is 1. The topological polar surface area (TPSA) is 54.9 Å². The Bertz CT molecular complexity index is 876. The molecule has 0 saturated carbocycles. The molecule has 1 aromatic carbocycles. The van der Waals surface area contributed by atoms with E-state index in [-0.39, 0.29) is 5.91 Å². The summed E-state index contributed by atoms with van der Waals surface area (Å²) in [6, 6.07) is 6.51. The molecule has 1 amide bonds. The number of hydrogen-bond donors (Lipinski definition) is 1. The second kappa shape index (κ2) is 7.32. The van der Waals surface area contributed by atoms with Gasteiger partial charge < -0.3 is 5.32 Å². The van der Waals surface area contributed by atoms with E-state index in [4.69, 9.17) is 4.98 Å². The number of fused-ring (bicyclic) bond motifs is 1. The minimum atomic E-state index is -0.0560. The normalized spacial score (nSPS) is 11.0. The van der Waals surface area contributed by atoms with Gasteiger partial charge in [0.1, 0.15) is 5.03 Å². The van der Waals surface area contributed by atoms with Gasteiger partial charge in [0.2, 0.25) is 5.91 Å². The van der Waals surface area contributed by atoms with Gasteiger partial charge in [-0.1, -0.05) is 30.3 Å². The summed E-state index contributed by atoms with van der Waals surface area (Å²) in [7, 11) is 0. The average Bonchev–Trinajstić information content (AvgIpc) is 3.05. The van der Waals surface area contributed by atoms with E-state index >= 15 is 0 Å². The molecule has 2 aromatic heterocycles. The molecule has 0 aliphatic rings. The zero-order valence-electron chi connectivity index (χ0n) is 13.9. The fourth-order valence-electron chi connectivity index (χ4n) is 2.63. The first-order valence-corrected chi connectivity index (χ1v) is 9.66. The number of anilines is 1. The maximum atomic E-state index is 12.1. The van der Waals surface area contributed by atoms with Crippen LogP contribution in [0.3, 0.4) is 0 Å². The van der Waals surface area contributed by atoms with Crippen molar-refractivity contribution in [2.75, 3.05) is 11.1 Å². The Morgan fingerprint density at radius 2 is 2.12 bits per heavy atom. The lowest BCUT2D eigenvalue weighted by atomic mass is 10.0. The largest absolute Gasteiger partial charge is 0.301 e. The Balaban J connectivity index is 1.81. The summed E-state index contributed by atoms with van der Waals surface area (Å²) in [6.45, 7) is 6.30. The van der Waals surface area contributed by atoms with Gasteiger partial charge in [-0.25, -0.2) is 9.97 Å². The van der Waals surface area contributed by atoms with Gasteiger partial charge in [-0.3, -0.25) is 4.79 Å². The molecule has 3 rings (SSSR count). The molecular weight excluding hydrogens is 338 g/mol. The van der Waals surface area contributed by atoms with E-state index in [9.17, 15) is 4.79 Å². The summed E-state index contributed by atoms with van der Waals surface area (Å²) in [4.78, 5) is 21.0. The van der Waals surface area contributed by atoms with E-state index < -0.39 is 0 Å². The Hall–Kier alpha value is -1.92. The predicted octanol–water partition coefficient (Wildman–Crippen LogP) is 4.60. The molecule has 1 N–H and O–H groups in total. The number of aromatic nitrogens is 2. The standard InChI is InChI=1S/C18H19N3OS2/c1-4-13-9-14-8-11(2)7-12(3)16(14)21-17(13)24-10-15(22)20-18-19-5-6-23-18/h5-9H,4,10H2,1-3H3,(H,19,20,22). The van der Waals surface area contributed by atoms with Crippen LogP contribution in [0.25, 0.3) is 10.9 Å². The summed E-state index contributed by atoms with van der Waals surface area (Å²) in [5, 5.41) is 7.38. The van der Waals surface area contributed by atoms with Crippen LogP contribution in [0.5, 0.6) is 0 Å². The lowest BCUT2D eigenvalue weighted by Gasteiger charge is -2.11. The number of benzene rings is 1. The van der Waals surface area contributed by atoms with Gasteiger partial charge in [-0.15, -0.1) is 11.3 Å². The molecule has 0 unspecified atom stereocenters. The molecule has 3 aromatic rings. The molecule has 0 aliphatic carbocycles. The van der Waals surface area contributed by atoms with E-state index in [1.807, 2.05) is 5.38 Å². The van der Waals surface area contributed by atoms with Crippen molar-refractivity contribution in [2.24, 2.45) is 0 Å². The van der Waals surface area contributed by atoms with Gasteiger partial charge in [0.15, 0.2) is 5.13 Å². The first kappa shape index (κ1) is 16.9. The highest BCUT2D eigenvalue weighted by Crippen LogP contribution is 2.28. The molecule has 0 aliphatic heterocycles. The van der Waals surface area contributed by atoms with Crippen LogP contribution in [-0.2, 0) is 11.2 Å². The maximum Gasteiger partial charge on any atom is 0.236 e. The van der Waals surface area contributed by atoms with Crippen molar-refractivity contribution in [3.63, 3.8) is 0 Å². The van der Waals surface area contributed by atoms with Crippen LogP contribution in [0.2, 0.25) is 0 Å². The molecule has 0 radical (unpaired) electrons. The summed E-state index contributed by atoms with van der Waals surface area (Å²) in [5.41, 5.74) is 4.61. The molecule has 0 bridgehead atoms. The molecule has 0 saturated heterocycles. The number of carbonyl (C=O) groups excluding carboxylic acids is 1. The smallest absolute Gasteiger partial charge is 0.236 e. The zero-order chi connectivity index (χ0) is 17.1. The number of carbonyl (C=O) groups is 1. The minimum Gasteiger partial charge on any atom is -0.301 e. The van der Waals surface area contributed by atoms with E-state index in [2.05, 4.69) is 49.3 Å². The Morgan fingerprint density at radius 3 is 2.83 bits per heavy atom. The Kier molecular flexibility index (Phi) is 5.16. The number of hydrogen-bond acceptors (Lipinski definition) is 5. The van der Waals surface area contributed by atoms with Crippen LogP contribution in [0.1, 0.15) is 23.6 Å². The van der Waals surface area contributed by atoms with Crippen molar-refractivity contribution >= 4 is 45.0 Å². The lowest BCUT2D eigenvalue weighted by molar-refractivity contribution is -0.113. The average molecular weight is 358 g/mol. The Morgan fingerprint density at radius 1 is 1.29 bits per heavy atom. The van der Waals surface area contributed by atoms with E-state index in [1.54, 1.807) is 6.20 Å². The van der Waals surface area contributed by atoms with Crippen molar-refractivity contribution in [1.29, 1.82) is 0 Å². The van der Waals surface area contributed by atoms with Crippen LogP contribution < -0.4 is 5.32 Å². The molecule has 0 fully saturated rings. The number of rotatable bonds is 5. The van der Waals surface area contributed by atoms with E-state index in [0.29, 0.717) is 10.9 Å². The molecule has 2 heterocycles. The number of nitrogens with one attached hydrogen (secondary N) is 1. The highest BCUT2D eigenvalue weighted by molar-refractivity contribution is 8.00. The van der Waals surface area contributed by atoms with Gasteiger partial charge in [0.25, 0.3) is 0 Å². The number of amides is 1. The third-order valence-corrected chi connectivity index (χ3v) is 5.41. The number of aryl methyl sites for hydroxylation is 3. The summed E-state index contributed by atoms with van der Waals surface area (Å²) in [6.07, 6.45) is 2.57. The van der Waals surface area contributed by atoms with Crippen LogP contribution in [0.15, 0.2) is 34.8 Å². The first-order valence-electron chi connectivity index (χ1n) is 7.80. The molecule has 4 nitrogen and oxygen atoms in total. The summed E-state index contributed by atoms with van der Waals surface area (Å²) in [5.74, 6) is 0.273. The van der Waals surface area contributed by atoms with Gasteiger partial charge >= 0.3 is 0 Å². The highest BCUT2D eigenvalue weighted by Gasteiger charge is 2.11. The third-order valence-electron chi connectivity index (χ3n) is 3.69. The van der Waals surface area contributed by atoms with Crippen molar-refractivity contribution < 1.29 is 4.79 Å². The quantitative estimate of drug-likeness (QED) is 0.678. The van der Waals surface area contributed by atoms with Crippen LogP contribution in [0, 0.1) is 13.8 Å². The first-order chi connectivity index (χ1) is 11.6. The SMILES string of the molecule is CCc1cc2cc(C)cc(C)c2nc1SCC(=O)Nc1nccs1. The van der Waals surface area contributed by atoms with Gasteiger partial charge in [-0.05, 0) is 43.5 Å². The van der Waals surface area contributed by atoms with Crippen molar-refractivity contribution in [3.05, 3.63) is 46.5 Å². The lowest BCUT2D eigenvalue weighted by Crippen LogP contribution is -2.14. The van der Waals surface area contributed by atoms with E-state index in [1.165, 1.54) is 45.2 Å². The molecule has 124 valence electrons. The molecule has 0 spiro atoms. The second-order valence-corrected chi connectivity index (χ2v) is 7.49. The minimum absolute atomic E-state index is 0.0560. The van der Waals surface area contributed by atoms with Crippen LogP contribution in [-0.4, -0.2) is 21.6 Å². The number of thioether (sulfide) groups is 1. The summed E-state index contributed by atoms with van der Waals surface area (Å²) >= 11 is 2.90. The molecule has 6 heteroatoms. The summed E-state index contributed by atoms with van der Waals surface area (Å²) < 4.78 is 0. The highest BCUT2D eigenvalue weighted by atomic mass is 32.2. The van der Waals surface area contributed by atoms with Crippen molar-refractivity contribution in [1.82, 2.24) is 9.97 Å². The van der Waals surface area contributed by atoms with Crippen LogP contribution in [0.4, 0.5) is 5.13 Å². The number of pyridine rings is 1. The van der Waals surface area contributed by atoms with Gasteiger partial charge in [-0.2, -0.15) is 0 Å². The van der Waals surface area contributed by atoms with Crippen molar-refractivity contribution in [2.45, 2.75) is 32.2 Å².